The van der Waals surface area contributed by atoms with E-state index in [2.05, 4.69) is 19.9 Å². The Kier molecular flexibility index (Phi) is 4.02. The van der Waals surface area contributed by atoms with Crippen LogP contribution in [0.4, 0.5) is 5.95 Å². The van der Waals surface area contributed by atoms with Crippen LogP contribution >= 0.6 is 23.4 Å². The van der Waals surface area contributed by atoms with Gasteiger partial charge in [-0.2, -0.15) is 4.98 Å². The molecule has 0 saturated heterocycles. The Morgan fingerprint density at radius 1 is 1.42 bits per heavy atom. The van der Waals surface area contributed by atoms with Crippen molar-refractivity contribution in [3.63, 3.8) is 0 Å². The number of hydrogen-bond acceptors (Lipinski definition) is 5. The fourth-order valence-corrected chi connectivity index (χ4v) is 2.86. The molecule has 102 valence electrons. The first-order chi connectivity index (χ1) is 8.92. The normalized spacial score (nSPS) is 11.5. The largest absolute Gasteiger partial charge is 0.264 e. The smallest absolute Gasteiger partial charge is 0.248 e. The molecule has 0 unspecified atom stereocenters. The summed E-state index contributed by atoms with van der Waals surface area (Å²) in [6, 6.07) is 4.52. The Morgan fingerprint density at radius 3 is 2.74 bits per heavy atom. The molecule has 9 heteroatoms. The van der Waals surface area contributed by atoms with Gasteiger partial charge < -0.3 is 0 Å². The second-order valence-electron chi connectivity index (χ2n) is 3.69. The van der Waals surface area contributed by atoms with Crippen LogP contribution in [0.15, 0.2) is 28.3 Å². The number of benzene rings is 1. The topological polar surface area (TPSA) is 87.7 Å². The lowest BCUT2D eigenvalue weighted by atomic mass is 10.2. The highest BCUT2D eigenvalue weighted by Gasteiger charge is 2.17. The first-order valence-corrected chi connectivity index (χ1v) is 8.26. The maximum atomic E-state index is 12.1. The van der Waals surface area contributed by atoms with Crippen molar-refractivity contribution in [2.45, 2.75) is 17.0 Å². The van der Waals surface area contributed by atoms with Gasteiger partial charge in [0, 0.05) is 5.02 Å². The van der Waals surface area contributed by atoms with Crippen molar-refractivity contribution in [3.8, 4) is 0 Å². The minimum Gasteiger partial charge on any atom is -0.248 e. The minimum atomic E-state index is -3.72. The van der Waals surface area contributed by atoms with Gasteiger partial charge in [0.1, 0.15) is 0 Å². The summed E-state index contributed by atoms with van der Waals surface area (Å²) in [6.07, 6.45) is 1.79. The Balaban J connectivity index is 2.29. The van der Waals surface area contributed by atoms with Crippen LogP contribution in [0, 0.1) is 6.92 Å². The van der Waals surface area contributed by atoms with Crippen molar-refractivity contribution in [3.05, 3.63) is 28.8 Å². The summed E-state index contributed by atoms with van der Waals surface area (Å²) >= 11 is 7.22. The van der Waals surface area contributed by atoms with E-state index in [1.165, 1.54) is 23.9 Å². The summed E-state index contributed by atoms with van der Waals surface area (Å²) in [5, 5.41) is 7.17. The molecular formula is C10H11ClN4O2S2. The lowest BCUT2D eigenvalue weighted by molar-refractivity contribution is 0.601. The summed E-state index contributed by atoms with van der Waals surface area (Å²) in [5.41, 5.74) is 0.810. The molecule has 0 saturated carbocycles. The number of aromatic amines is 1. The molecule has 19 heavy (non-hydrogen) atoms. The summed E-state index contributed by atoms with van der Waals surface area (Å²) in [5.74, 6) is 0.0704. The van der Waals surface area contributed by atoms with Gasteiger partial charge in [0.15, 0.2) is 0 Å². The van der Waals surface area contributed by atoms with Crippen LogP contribution in [0.2, 0.25) is 5.02 Å². The second kappa shape index (κ2) is 5.40. The average molecular weight is 319 g/mol. The van der Waals surface area contributed by atoms with Crippen LogP contribution in [0.1, 0.15) is 5.56 Å². The van der Waals surface area contributed by atoms with Crippen LogP contribution < -0.4 is 4.72 Å². The third-order valence-corrected chi connectivity index (χ3v) is 4.62. The van der Waals surface area contributed by atoms with E-state index in [4.69, 9.17) is 11.6 Å². The molecule has 0 bridgehead atoms. The van der Waals surface area contributed by atoms with Crippen molar-refractivity contribution < 1.29 is 8.42 Å². The molecule has 1 aromatic heterocycles. The van der Waals surface area contributed by atoms with Gasteiger partial charge in [-0.25, -0.2) is 18.2 Å². The number of nitrogens with one attached hydrogen (secondary N) is 2. The lowest BCUT2D eigenvalue weighted by Crippen LogP contribution is -2.14. The van der Waals surface area contributed by atoms with E-state index in [1.807, 2.05) is 0 Å². The minimum absolute atomic E-state index is 0.0704. The number of H-pyrrole nitrogens is 1. The standard InChI is InChI=1S/C10H11ClN4O2S2/c1-6-3-4-7(5-8(6)11)19(16,17)15-9-12-10(18-2)14-13-9/h3-5H,1-2H3,(H2,12,13,14,15). The van der Waals surface area contributed by atoms with E-state index in [9.17, 15) is 8.42 Å². The van der Waals surface area contributed by atoms with Gasteiger partial charge >= 0.3 is 0 Å². The predicted molar refractivity (Wildman–Crippen MR) is 75.2 cm³/mol. The van der Waals surface area contributed by atoms with Crippen LogP contribution in [-0.2, 0) is 10.0 Å². The fourth-order valence-electron chi connectivity index (χ4n) is 1.31. The quantitative estimate of drug-likeness (QED) is 0.844. The number of aryl methyl sites for hydroxylation is 1. The van der Waals surface area contributed by atoms with Gasteiger partial charge in [-0.1, -0.05) is 29.4 Å². The number of anilines is 1. The van der Waals surface area contributed by atoms with Crippen molar-refractivity contribution in [1.29, 1.82) is 0 Å². The molecule has 2 rings (SSSR count). The number of sulfonamides is 1. The van der Waals surface area contributed by atoms with Gasteiger partial charge in [-0.3, -0.25) is 0 Å². The zero-order chi connectivity index (χ0) is 14.0. The van der Waals surface area contributed by atoms with Crippen molar-refractivity contribution >= 4 is 39.3 Å². The fraction of sp³-hybridized carbons (Fsp3) is 0.200. The molecule has 6 nitrogen and oxygen atoms in total. The zero-order valence-corrected chi connectivity index (χ0v) is 12.5. The van der Waals surface area contributed by atoms with Gasteiger partial charge in [0.05, 0.1) is 4.90 Å². The monoisotopic (exact) mass is 318 g/mol. The Labute approximate surface area is 120 Å². The molecule has 0 atom stereocenters. The molecule has 2 N–H and O–H groups in total. The number of halogens is 1. The molecule has 0 amide bonds. The van der Waals surface area contributed by atoms with Gasteiger partial charge in [-0.15, -0.1) is 5.10 Å². The molecule has 0 fully saturated rings. The number of rotatable bonds is 4. The Bertz CT molecular complexity index is 699. The molecular weight excluding hydrogens is 308 g/mol. The molecule has 1 aromatic carbocycles. The second-order valence-corrected chi connectivity index (χ2v) is 6.55. The van der Waals surface area contributed by atoms with Crippen molar-refractivity contribution in [2.24, 2.45) is 0 Å². The van der Waals surface area contributed by atoms with Gasteiger partial charge in [0.25, 0.3) is 10.0 Å². The molecule has 1 heterocycles. The first kappa shape index (κ1) is 14.2. The van der Waals surface area contributed by atoms with Gasteiger partial charge in [-0.05, 0) is 30.9 Å². The summed E-state index contributed by atoms with van der Waals surface area (Å²) < 4.78 is 26.5. The summed E-state index contributed by atoms with van der Waals surface area (Å²) in [6.45, 7) is 1.80. The van der Waals surface area contributed by atoms with E-state index in [0.717, 1.165) is 5.56 Å². The first-order valence-electron chi connectivity index (χ1n) is 5.18. The van der Waals surface area contributed by atoms with Crippen LogP contribution in [0.3, 0.4) is 0 Å². The molecule has 0 aliphatic carbocycles. The Hall–Kier alpha value is -1.25. The average Bonchev–Trinajstić information content (AvgIpc) is 2.79. The molecule has 2 aromatic rings. The van der Waals surface area contributed by atoms with Crippen LogP contribution in [0.25, 0.3) is 0 Å². The number of hydrogen-bond donors (Lipinski definition) is 2. The van der Waals surface area contributed by atoms with E-state index < -0.39 is 10.0 Å². The number of aromatic nitrogens is 3. The maximum Gasteiger partial charge on any atom is 0.264 e. The molecule has 0 spiro atoms. The zero-order valence-electron chi connectivity index (χ0n) is 10.1. The van der Waals surface area contributed by atoms with E-state index in [0.29, 0.717) is 10.2 Å². The molecule has 0 aliphatic rings. The molecule has 0 aliphatic heterocycles. The molecule has 0 radical (unpaired) electrons. The van der Waals surface area contributed by atoms with E-state index >= 15 is 0 Å². The SMILES string of the molecule is CSc1n[nH]c(NS(=O)(=O)c2ccc(C)c(Cl)c2)n1. The highest BCUT2D eigenvalue weighted by atomic mass is 35.5. The summed E-state index contributed by atoms with van der Waals surface area (Å²) in [4.78, 5) is 4.03. The van der Waals surface area contributed by atoms with Crippen molar-refractivity contribution in [1.82, 2.24) is 15.2 Å². The maximum absolute atomic E-state index is 12.1. The number of thioether (sulfide) groups is 1. The highest BCUT2D eigenvalue weighted by Crippen LogP contribution is 2.21. The lowest BCUT2D eigenvalue weighted by Gasteiger charge is -2.06. The van der Waals surface area contributed by atoms with E-state index in [-0.39, 0.29) is 10.8 Å². The summed E-state index contributed by atoms with van der Waals surface area (Å²) in [7, 11) is -3.72. The Morgan fingerprint density at radius 2 is 2.16 bits per heavy atom. The predicted octanol–water partition coefficient (Wildman–Crippen LogP) is 2.29. The third-order valence-electron chi connectivity index (χ3n) is 2.33. The number of nitrogens with zero attached hydrogens (tertiary/aromatic N) is 2. The van der Waals surface area contributed by atoms with Crippen molar-refractivity contribution in [2.75, 3.05) is 11.0 Å². The van der Waals surface area contributed by atoms with Crippen LogP contribution in [-0.4, -0.2) is 29.9 Å². The van der Waals surface area contributed by atoms with E-state index in [1.54, 1.807) is 19.2 Å². The highest BCUT2D eigenvalue weighted by molar-refractivity contribution is 7.98. The van der Waals surface area contributed by atoms with Crippen LogP contribution in [0.5, 0.6) is 0 Å². The third kappa shape index (κ3) is 3.20. The van der Waals surface area contributed by atoms with Gasteiger partial charge in [0.2, 0.25) is 11.1 Å².